The van der Waals surface area contributed by atoms with Crippen LogP contribution in [0.3, 0.4) is 0 Å². The van der Waals surface area contributed by atoms with Crippen molar-refractivity contribution in [2.45, 2.75) is 20.4 Å². The van der Waals surface area contributed by atoms with Crippen molar-refractivity contribution in [1.82, 2.24) is 9.78 Å². The molecule has 100 valence electrons. The number of aryl methyl sites for hydroxylation is 2. The Bertz CT molecular complexity index is 622. The van der Waals surface area contributed by atoms with Crippen LogP contribution in [0.25, 0.3) is 0 Å². The van der Waals surface area contributed by atoms with Crippen LogP contribution in [0.15, 0.2) is 24.3 Å². The minimum Gasteiger partial charge on any atom is -0.319 e. The van der Waals surface area contributed by atoms with Crippen molar-refractivity contribution in [1.29, 1.82) is 0 Å². The minimum atomic E-state index is -0.319. The molecule has 0 saturated carbocycles. The molecule has 0 saturated heterocycles. The van der Waals surface area contributed by atoms with E-state index in [1.165, 1.54) is 0 Å². The van der Waals surface area contributed by atoms with Crippen molar-refractivity contribution >= 4 is 34.8 Å². The summed E-state index contributed by atoms with van der Waals surface area (Å²) in [7, 11) is 0. The van der Waals surface area contributed by atoms with Gasteiger partial charge in [0.25, 0.3) is 5.91 Å². The maximum absolute atomic E-state index is 12.3. The van der Waals surface area contributed by atoms with Crippen molar-refractivity contribution in [2.24, 2.45) is 0 Å². The average Bonchev–Trinajstić information content (AvgIpc) is 2.68. The van der Waals surface area contributed by atoms with Crippen LogP contribution in [-0.2, 0) is 6.54 Å². The number of carbonyl (C=O) groups excluding carboxylic acids is 1. The Morgan fingerprint density at radius 3 is 2.68 bits per heavy atom. The third-order valence-electron chi connectivity index (χ3n) is 2.69. The van der Waals surface area contributed by atoms with Gasteiger partial charge in [0.05, 0.1) is 21.4 Å². The standard InChI is InChI=1S/C13H13Cl2N3O/c1-3-18-12(11(15)8(2)17-18)13(19)16-10-7-5-4-6-9(10)14/h4-7H,3H2,1-2H3,(H,16,19). The van der Waals surface area contributed by atoms with E-state index in [9.17, 15) is 4.79 Å². The Labute approximate surface area is 121 Å². The molecule has 1 amide bonds. The predicted octanol–water partition coefficient (Wildman–Crippen LogP) is 3.77. The van der Waals surface area contributed by atoms with Gasteiger partial charge in [-0.25, -0.2) is 0 Å². The zero-order valence-electron chi connectivity index (χ0n) is 10.6. The second-order valence-corrected chi connectivity index (χ2v) is 4.78. The van der Waals surface area contributed by atoms with Crippen molar-refractivity contribution < 1.29 is 4.79 Å². The molecule has 1 N–H and O–H groups in total. The predicted molar refractivity (Wildman–Crippen MR) is 77.1 cm³/mol. The summed E-state index contributed by atoms with van der Waals surface area (Å²) >= 11 is 12.1. The number of nitrogens with zero attached hydrogens (tertiary/aromatic N) is 2. The molecule has 0 radical (unpaired) electrons. The van der Waals surface area contributed by atoms with Gasteiger partial charge in [-0.1, -0.05) is 35.3 Å². The molecule has 0 fully saturated rings. The highest BCUT2D eigenvalue weighted by atomic mass is 35.5. The number of halogens is 2. The van der Waals surface area contributed by atoms with Gasteiger partial charge in [0.1, 0.15) is 5.69 Å². The monoisotopic (exact) mass is 297 g/mol. The Kier molecular flexibility index (Phi) is 4.12. The molecule has 0 atom stereocenters. The van der Waals surface area contributed by atoms with Crippen LogP contribution in [0.5, 0.6) is 0 Å². The first-order valence-electron chi connectivity index (χ1n) is 5.83. The molecule has 19 heavy (non-hydrogen) atoms. The van der Waals surface area contributed by atoms with Crippen molar-refractivity contribution in [2.75, 3.05) is 5.32 Å². The third-order valence-corrected chi connectivity index (χ3v) is 3.47. The van der Waals surface area contributed by atoms with Crippen molar-refractivity contribution in [3.8, 4) is 0 Å². The van der Waals surface area contributed by atoms with Crippen molar-refractivity contribution in [3.63, 3.8) is 0 Å². The molecule has 0 aliphatic rings. The SMILES string of the molecule is CCn1nc(C)c(Cl)c1C(=O)Nc1ccccc1Cl. The van der Waals surface area contributed by atoms with Gasteiger partial charge in [0, 0.05) is 6.54 Å². The molecule has 0 spiro atoms. The molecule has 0 unspecified atom stereocenters. The molecule has 4 nitrogen and oxygen atoms in total. The van der Waals surface area contributed by atoms with E-state index in [1.54, 1.807) is 35.9 Å². The summed E-state index contributed by atoms with van der Waals surface area (Å²) < 4.78 is 1.57. The second kappa shape index (κ2) is 5.63. The quantitative estimate of drug-likeness (QED) is 0.937. The summed E-state index contributed by atoms with van der Waals surface area (Å²) in [6, 6.07) is 7.03. The number of hydrogen-bond donors (Lipinski definition) is 1. The van der Waals surface area contributed by atoms with Crippen LogP contribution in [0.4, 0.5) is 5.69 Å². The molecule has 2 aromatic rings. The summed E-state index contributed by atoms with van der Waals surface area (Å²) in [4.78, 5) is 12.3. The summed E-state index contributed by atoms with van der Waals surface area (Å²) in [5.41, 5.74) is 1.53. The number of hydrogen-bond acceptors (Lipinski definition) is 2. The summed E-state index contributed by atoms with van der Waals surface area (Å²) in [5, 5.41) is 7.79. The zero-order chi connectivity index (χ0) is 14.0. The normalized spacial score (nSPS) is 10.5. The molecule has 2 rings (SSSR count). The molecule has 0 aliphatic heterocycles. The van der Waals surface area contributed by atoms with Gasteiger partial charge in [-0.05, 0) is 26.0 Å². The van der Waals surface area contributed by atoms with Crippen LogP contribution >= 0.6 is 23.2 Å². The fourth-order valence-electron chi connectivity index (χ4n) is 1.75. The first kappa shape index (κ1) is 13.9. The molecule has 1 aromatic heterocycles. The lowest BCUT2D eigenvalue weighted by Crippen LogP contribution is -2.18. The van der Waals surface area contributed by atoms with Crippen LogP contribution < -0.4 is 5.32 Å². The van der Waals surface area contributed by atoms with Crippen molar-refractivity contribution in [3.05, 3.63) is 45.7 Å². The number of amides is 1. The topological polar surface area (TPSA) is 46.9 Å². The number of carbonyl (C=O) groups is 1. The van der Waals surface area contributed by atoms with Gasteiger partial charge in [-0.15, -0.1) is 0 Å². The second-order valence-electron chi connectivity index (χ2n) is 4.00. The lowest BCUT2D eigenvalue weighted by atomic mass is 10.3. The largest absolute Gasteiger partial charge is 0.319 e. The highest BCUT2D eigenvalue weighted by molar-refractivity contribution is 6.36. The van der Waals surface area contributed by atoms with E-state index < -0.39 is 0 Å². The number of para-hydroxylation sites is 1. The molecule has 1 aromatic carbocycles. The Hall–Kier alpha value is -1.52. The fourth-order valence-corrected chi connectivity index (χ4v) is 2.15. The molecular formula is C13H13Cl2N3O. The van der Waals surface area contributed by atoms with Gasteiger partial charge in [0.2, 0.25) is 0 Å². The average molecular weight is 298 g/mol. The Balaban J connectivity index is 2.33. The number of benzene rings is 1. The Morgan fingerprint density at radius 2 is 2.05 bits per heavy atom. The summed E-state index contributed by atoms with van der Waals surface area (Å²) in [6.45, 7) is 4.23. The zero-order valence-corrected chi connectivity index (χ0v) is 12.1. The third kappa shape index (κ3) is 2.74. The maximum Gasteiger partial charge on any atom is 0.275 e. The number of nitrogens with one attached hydrogen (secondary N) is 1. The fraction of sp³-hybridized carbons (Fsp3) is 0.231. The number of anilines is 1. The maximum atomic E-state index is 12.3. The van der Waals surface area contributed by atoms with Crippen LogP contribution in [-0.4, -0.2) is 15.7 Å². The highest BCUT2D eigenvalue weighted by Gasteiger charge is 2.20. The minimum absolute atomic E-state index is 0.319. The van der Waals surface area contributed by atoms with E-state index in [1.807, 2.05) is 6.92 Å². The Morgan fingerprint density at radius 1 is 1.37 bits per heavy atom. The molecule has 0 aliphatic carbocycles. The summed E-state index contributed by atoms with van der Waals surface area (Å²) in [5.74, 6) is -0.319. The van der Waals surface area contributed by atoms with Gasteiger partial charge in [-0.3, -0.25) is 9.48 Å². The lowest BCUT2D eigenvalue weighted by Gasteiger charge is -2.08. The van der Waals surface area contributed by atoms with Gasteiger partial charge in [0.15, 0.2) is 0 Å². The van der Waals surface area contributed by atoms with Gasteiger partial charge in [-0.2, -0.15) is 5.10 Å². The molecule has 1 heterocycles. The van der Waals surface area contributed by atoms with Crippen LogP contribution in [0.1, 0.15) is 23.1 Å². The lowest BCUT2D eigenvalue weighted by molar-refractivity contribution is 0.101. The van der Waals surface area contributed by atoms with Crippen LogP contribution in [0.2, 0.25) is 10.0 Å². The number of aromatic nitrogens is 2. The highest BCUT2D eigenvalue weighted by Crippen LogP contribution is 2.24. The van der Waals surface area contributed by atoms with E-state index in [2.05, 4.69) is 10.4 Å². The van der Waals surface area contributed by atoms with E-state index in [-0.39, 0.29) is 5.91 Å². The summed E-state index contributed by atoms with van der Waals surface area (Å²) in [6.07, 6.45) is 0. The molecule has 0 bridgehead atoms. The van der Waals surface area contributed by atoms with E-state index in [4.69, 9.17) is 23.2 Å². The van der Waals surface area contributed by atoms with Crippen LogP contribution in [0, 0.1) is 6.92 Å². The first-order valence-corrected chi connectivity index (χ1v) is 6.59. The number of rotatable bonds is 3. The van der Waals surface area contributed by atoms with Gasteiger partial charge < -0.3 is 5.32 Å². The first-order chi connectivity index (χ1) is 9.04. The molecule has 6 heteroatoms. The van der Waals surface area contributed by atoms with E-state index in [0.29, 0.717) is 33.7 Å². The molecular weight excluding hydrogens is 285 g/mol. The van der Waals surface area contributed by atoms with E-state index in [0.717, 1.165) is 0 Å². The van der Waals surface area contributed by atoms with Gasteiger partial charge >= 0.3 is 0 Å². The smallest absolute Gasteiger partial charge is 0.275 e. The van der Waals surface area contributed by atoms with E-state index >= 15 is 0 Å².